The van der Waals surface area contributed by atoms with Crippen molar-refractivity contribution in [3.63, 3.8) is 0 Å². The van der Waals surface area contributed by atoms with Gasteiger partial charge in [0.2, 0.25) is 0 Å². The Morgan fingerprint density at radius 3 is 2.41 bits per heavy atom. The molecule has 1 amide bonds. The van der Waals surface area contributed by atoms with Crippen LogP contribution >= 0.6 is 15.9 Å². The third-order valence-electron chi connectivity index (χ3n) is 8.80. The average Bonchev–Trinajstić information content (AvgIpc) is 3.23. The summed E-state index contributed by atoms with van der Waals surface area (Å²) in [5.41, 5.74) is 3.67. The molecule has 4 bridgehead atoms. The number of benzene rings is 1. The number of fused-ring (bicyclic) bond motifs is 6. The van der Waals surface area contributed by atoms with Gasteiger partial charge in [-0.2, -0.15) is 8.42 Å². The fourth-order valence-corrected chi connectivity index (χ4v) is 8.27. The van der Waals surface area contributed by atoms with Crippen LogP contribution < -0.4 is 14.9 Å². The van der Waals surface area contributed by atoms with Crippen LogP contribution in [-0.2, 0) is 20.9 Å². The molecule has 0 radical (unpaired) electrons. The van der Waals surface area contributed by atoms with Gasteiger partial charge in [0.25, 0.3) is 15.9 Å². The highest BCUT2D eigenvalue weighted by molar-refractivity contribution is 9.10. The van der Waals surface area contributed by atoms with Crippen LogP contribution in [0.4, 0.5) is 11.5 Å². The average molecular weight is 683 g/mol. The minimum Gasteiger partial charge on any atom is -0.365 e. The molecule has 44 heavy (non-hydrogen) atoms. The fraction of sp³-hybridized carbons (Fsp3) is 0.500. The van der Waals surface area contributed by atoms with Crippen LogP contribution in [0.5, 0.6) is 0 Å². The predicted molar refractivity (Wildman–Crippen MR) is 180 cm³/mol. The summed E-state index contributed by atoms with van der Waals surface area (Å²) in [6.45, 7) is 18.1. The zero-order valence-corrected chi connectivity index (χ0v) is 29.4. The third kappa shape index (κ3) is 6.66. The van der Waals surface area contributed by atoms with Crippen molar-refractivity contribution in [2.45, 2.75) is 102 Å². The van der Waals surface area contributed by atoms with E-state index in [2.05, 4.69) is 103 Å². The molecule has 0 saturated carbocycles. The molecule has 0 spiro atoms. The Labute approximate surface area is 270 Å². The highest BCUT2D eigenvalue weighted by atomic mass is 79.9. The lowest BCUT2D eigenvalue weighted by molar-refractivity contribution is 0.0981. The number of rotatable bonds is 1. The SMILES string of the molecule is CC(C)(C)c1ccnc([C@H]2CC[C@@H]3CN(c4cc(C(C)(C)C)c(Br)cc4C(=O)NS(=O)(=O)c4cccc(n4)N2)C(C)(C)C3)c1. The molecule has 4 heterocycles. The van der Waals surface area contributed by atoms with E-state index in [4.69, 9.17) is 4.98 Å². The Morgan fingerprint density at radius 1 is 1.00 bits per heavy atom. The fourth-order valence-electron chi connectivity index (χ4n) is 6.40. The summed E-state index contributed by atoms with van der Waals surface area (Å²) in [5.74, 6) is 0.0805. The summed E-state index contributed by atoms with van der Waals surface area (Å²) in [6, 6.07) is 12.6. The number of nitrogens with zero attached hydrogens (tertiary/aromatic N) is 3. The van der Waals surface area contributed by atoms with Crippen LogP contribution in [0.3, 0.4) is 0 Å². The standard InChI is InChI=1S/C34H44BrN5O3S/c1-32(2,3)22-14-15-36-27(16-22)26-13-12-21-19-34(7,8)40(20-21)28-18-24(33(4,5)6)25(35)17-23(28)31(41)39-44(42,43)30-11-9-10-29(37-26)38-30/h9-11,14-18,21,26H,12-13,19-20H2,1-8H3,(H,37,38)(H,39,41)/t21-,26+/m0/s1. The van der Waals surface area contributed by atoms with Gasteiger partial charge in [0, 0.05) is 22.8 Å². The summed E-state index contributed by atoms with van der Waals surface area (Å²) in [5, 5.41) is 3.26. The number of sulfonamides is 1. The summed E-state index contributed by atoms with van der Waals surface area (Å²) in [6.07, 6.45) is 4.48. The molecule has 2 N–H and O–H groups in total. The highest BCUT2D eigenvalue weighted by Gasteiger charge is 2.41. The summed E-state index contributed by atoms with van der Waals surface area (Å²) >= 11 is 3.67. The molecule has 1 saturated heterocycles. The lowest BCUT2D eigenvalue weighted by Gasteiger charge is -2.36. The maximum absolute atomic E-state index is 13.8. The van der Waals surface area contributed by atoms with Crippen LogP contribution in [0.15, 0.2) is 58.2 Å². The normalized spacial score (nSPS) is 21.8. The predicted octanol–water partition coefficient (Wildman–Crippen LogP) is 7.50. The summed E-state index contributed by atoms with van der Waals surface area (Å²) in [7, 11) is -4.27. The first-order valence-electron chi connectivity index (χ1n) is 15.2. The summed E-state index contributed by atoms with van der Waals surface area (Å²) < 4.78 is 30.2. The van der Waals surface area contributed by atoms with E-state index >= 15 is 0 Å². The number of nitrogens with one attached hydrogen (secondary N) is 2. The largest absolute Gasteiger partial charge is 0.365 e. The topological polar surface area (TPSA) is 104 Å². The Bertz CT molecular complexity index is 1690. The third-order valence-corrected chi connectivity index (χ3v) is 10.7. The van der Waals surface area contributed by atoms with Crippen molar-refractivity contribution < 1.29 is 13.2 Å². The van der Waals surface area contributed by atoms with Gasteiger partial charge in [0.15, 0.2) is 5.03 Å². The van der Waals surface area contributed by atoms with Gasteiger partial charge in [-0.1, -0.05) is 63.5 Å². The van der Waals surface area contributed by atoms with E-state index in [9.17, 15) is 13.2 Å². The van der Waals surface area contributed by atoms with E-state index < -0.39 is 15.9 Å². The van der Waals surface area contributed by atoms with Crippen molar-refractivity contribution in [2.75, 3.05) is 16.8 Å². The number of anilines is 2. The molecule has 2 aromatic heterocycles. The van der Waals surface area contributed by atoms with Crippen LogP contribution in [-0.4, -0.2) is 36.4 Å². The van der Waals surface area contributed by atoms with Crippen molar-refractivity contribution in [3.05, 3.63) is 75.5 Å². The Hall–Kier alpha value is -2.98. The zero-order valence-electron chi connectivity index (χ0n) is 27.0. The molecule has 3 aromatic rings. The molecule has 1 fully saturated rings. The van der Waals surface area contributed by atoms with Crippen LogP contribution in [0.1, 0.15) is 108 Å². The molecule has 2 aliphatic rings. The first kappa shape index (κ1) is 32.4. The molecule has 5 rings (SSSR count). The smallest absolute Gasteiger partial charge is 0.281 e. The number of amides is 1. The van der Waals surface area contributed by atoms with E-state index in [-0.39, 0.29) is 27.4 Å². The van der Waals surface area contributed by atoms with E-state index in [1.54, 1.807) is 18.2 Å². The van der Waals surface area contributed by atoms with Crippen molar-refractivity contribution in [3.8, 4) is 0 Å². The van der Waals surface area contributed by atoms with Gasteiger partial charge in [0.05, 0.1) is 23.0 Å². The van der Waals surface area contributed by atoms with Gasteiger partial charge >= 0.3 is 0 Å². The molecule has 10 heteroatoms. The maximum atomic E-state index is 13.8. The molecule has 0 unspecified atom stereocenters. The number of carbonyl (C=O) groups excluding carboxylic acids is 1. The second-order valence-corrected chi connectivity index (χ2v) is 17.4. The number of hydrogen-bond donors (Lipinski definition) is 2. The first-order valence-corrected chi connectivity index (χ1v) is 17.5. The molecule has 0 aliphatic carbocycles. The monoisotopic (exact) mass is 681 g/mol. The van der Waals surface area contributed by atoms with E-state index in [0.29, 0.717) is 17.3 Å². The van der Waals surface area contributed by atoms with Gasteiger partial charge in [0.1, 0.15) is 5.82 Å². The minimum absolute atomic E-state index is 0.0494. The zero-order chi connectivity index (χ0) is 32.2. The number of carbonyl (C=O) groups is 1. The molecule has 2 atom stereocenters. The van der Waals surface area contributed by atoms with E-state index in [1.165, 1.54) is 11.6 Å². The highest BCUT2D eigenvalue weighted by Crippen LogP contribution is 2.44. The van der Waals surface area contributed by atoms with Crippen LogP contribution in [0.2, 0.25) is 0 Å². The van der Waals surface area contributed by atoms with Gasteiger partial charge in [-0.25, -0.2) is 9.71 Å². The van der Waals surface area contributed by atoms with Crippen molar-refractivity contribution >= 4 is 43.4 Å². The Balaban J connectivity index is 1.64. The van der Waals surface area contributed by atoms with Gasteiger partial charge < -0.3 is 10.2 Å². The number of halogens is 1. The van der Waals surface area contributed by atoms with E-state index in [1.807, 2.05) is 12.3 Å². The molecule has 236 valence electrons. The van der Waals surface area contributed by atoms with Crippen molar-refractivity contribution in [1.82, 2.24) is 14.7 Å². The molecule has 2 aliphatic heterocycles. The van der Waals surface area contributed by atoms with Crippen LogP contribution in [0.25, 0.3) is 0 Å². The lowest BCUT2D eigenvalue weighted by atomic mass is 9.85. The molecular weight excluding hydrogens is 638 g/mol. The maximum Gasteiger partial charge on any atom is 0.281 e. The number of aromatic nitrogens is 2. The van der Waals surface area contributed by atoms with Gasteiger partial charge in [-0.05, 0) is 97.4 Å². The summed E-state index contributed by atoms with van der Waals surface area (Å²) in [4.78, 5) is 25.3. The number of hydrogen-bond acceptors (Lipinski definition) is 7. The Kier molecular flexibility index (Phi) is 8.42. The number of pyridine rings is 2. The molecule has 8 nitrogen and oxygen atoms in total. The second-order valence-electron chi connectivity index (χ2n) is 14.9. The molecular formula is C34H44BrN5O3S. The minimum atomic E-state index is -4.27. The van der Waals surface area contributed by atoms with Gasteiger partial charge in [-0.15, -0.1) is 0 Å². The molecule has 1 aromatic carbocycles. The second kappa shape index (κ2) is 11.4. The van der Waals surface area contributed by atoms with Gasteiger partial charge in [-0.3, -0.25) is 9.78 Å². The quantitative estimate of drug-likeness (QED) is 0.274. The van der Waals surface area contributed by atoms with Crippen molar-refractivity contribution in [1.29, 1.82) is 0 Å². The van der Waals surface area contributed by atoms with Crippen molar-refractivity contribution in [2.24, 2.45) is 5.92 Å². The Morgan fingerprint density at radius 2 is 1.73 bits per heavy atom. The lowest BCUT2D eigenvalue weighted by Crippen LogP contribution is -2.40. The van der Waals surface area contributed by atoms with E-state index in [0.717, 1.165) is 47.2 Å². The van der Waals surface area contributed by atoms with Crippen LogP contribution in [0, 0.1) is 5.92 Å². The first-order chi connectivity index (χ1) is 20.3.